The van der Waals surface area contributed by atoms with Gasteiger partial charge in [0.2, 0.25) is 0 Å². The Labute approximate surface area is 151 Å². The summed E-state index contributed by atoms with van der Waals surface area (Å²) in [5.74, 6) is 2.80. The fourth-order valence-electron chi connectivity index (χ4n) is 3.17. The first-order valence-electron chi connectivity index (χ1n) is 9.72. The molecule has 1 aliphatic rings. The maximum atomic E-state index is 5.41. The molecule has 0 saturated carbocycles. The lowest BCUT2D eigenvalue weighted by Crippen LogP contribution is -2.47. The van der Waals surface area contributed by atoms with Crippen molar-refractivity contribution in [2.24, 2.45) is 10.9 Å². The summed E-state index contributed by atoms with van der Waals surface area (Å²) in [6, 6.07) is 0. The number of aliphatic imine (C=N–C) groups is 1. The SMILES string of the molecule is CCOCCCN=C(NCCn1cnnc1CC)N1CCCC(C)C1. The minimum atomic E-state index is 0.730. The molecule has 1 aromatic heterocycles. The van der Waals surface area contributed by atoms with Gasteiger partial charge >= 0.3 is 0 Å². The molecule has 1 atom stereocenters. The van der Waals surface area contributed by atoms with Gasteiger partial charge in [-0.25, -0.2) is 0 Å². The van der Waals surface area contributed by atoms with Gasteiger partial charge in [0.1, 0.15) is 12.2 Å². The first-order chi connectivity index (χ1) is 12.2. The third-order valence-corrected chi connectivity index (χ3v) is 4.52. The van der Waals surface area contributed by atoms with Crippen LogP contribution >= 0.6 is 0 Å². The van der Waals surface area contributed by atoms with E-state index in [4.69, 9.17) is 9.73 Å². The number of guanidine groups is 1. The van der Waals surface area contributed by atoms with E-state index in [1.54, 1.807) is 0 Å². The van der Waals surface area contributed by atoms with Gasteiger partial charge in [0.25, 0.3) is 0 Å². The molecule has 2 heterocycles. The van der Waals surface area contributed by atoms with Crippen molar-refractivity contribution in [2.45, 2.75) is 53.0 Å². The molecule has 1 aliphatic heterocycles. The standard InChI is InChI=1S/C18H34N6O/c1-4-17-22-21-15-24(17)12-10-20-18(19-9-7-13-25-5-2)23-11-6-8-16(3)14-23/h15-16H,4-14H2,1-3H3,(H,19,20). The van der Waals surface area contributed by atoms with Gasteiger partial charge in [-0.15, -0.1) is 10.2 Å². The van der Waals surface area contributed by atoms with Crippen molar-refractivity contribution < 1.29 is 4.74 Å². The number of piperidine rings is 1. The maximum Gasteiger partial charge on any atom is 0.193 e. The minimum absolute atomic E-state index is 0.730. The molecule has 142 valence electrons. The molecule has 1 N–H and O–H groups in total. The minimum Gasteiger partial charge on any atom is -0.382 e. The molecule has 0 aliphatic carbocycles. The number of ether oxygens (including phenoxy) is 1. The molecule has 1 saturated heterocycles. The largest absolute Gasteiger partial charge is 0.382 e. The molecule has 0 bridgehead atoms. The zero-order valence-electron chi connectivity index (χ0n) is 16.1. The number of aromatic nitrogens is 3. The van der Waals surface area contributed by atoms with Crippen LogP contribution in [0.3, 0.4) is 0 Å². The number of rotatable bonds is 9. The Morgan fingerprint density at radius 2 is 2.32 bits per heavy atom. The summed E-state index contributed by atoms with van der Waals surface area (Å²) in [6.07, 6.45) is 6.24. The van der Waals surface area contributed by atoms with Gasteiger partial charge in [0.15, 0.2) is 5.96 Å². The van der Waals surface area contributed by atoms with Crippen molar-refractivity contribution in [2.75, 3.05) is 39.4 Å². The fourth-order valence-corrected chi connectivity index (χ4v) is 3.17. The molecule has 0 radical (unpaired) electrons. The van der Waals surface area contributed by atoms with Crippen LogP contribution in [0.2, 0.25) is 0 Å². The van der Waals surface area contributed by atoms with E-state index in [1.165, 1.54) is 12.8 Å². The number of likely N-dealkylation sites (tertiary alicyclic amines) is 1. The Morgan fingerprint density at radius 3 is 3.08 bits per heavy atom. The van der Waals surface area contributed by atoms with Crippen LogP contribution < -0.4 is 5.32 Å². The Kier molecular flexibility index (Phi) is 8.72. The van der Waals surface area contributed by atoms with Crippen LogP contribution in [-0.2, 0) is 17.7 Å². The highest BCUT2D eigenvalue weighted by Gasteiger charge is 2.19. The van der Waals surface area contributed by atoms with Crippen molar-refractivity contribution in [3.63, 3.8) is 0 Å². The molecular formula is C18H34N6O. The van der Waals surface area contributed by atoms with Crippen molar-refractivity contribution in [3.8, 4) is 0 Å². The molecule has 7 heteroatoms. The van der Waals surface area contributed by atoms with Gasteiger partial charge in [-0.3, -0.25) is 4.99 Å². The van der Waals surface area contributed by atoms with Crippen LogP contribution in [-0.4, -0.2) is 65.0 Å². The van der Waals surface area contributed by atoms with Gasteiger partial charge in [-0.05, 0) is 32.1 Å². The number of hydrogen-bond donors (Lipinski definition) is 1. The van der Waals surface area contributed by atoms with Crippen molar-refractivity contribution in [1.82, 2.24) is 25.0 Å². The number of hydrogen-bond acceptors (Lipinski definition) is 4. The van der Waals surface area contributed by atoms with Crippen molar-refractivity contribution in [1.29, 1.82) is 0 Å². The zero-order chi connectivity index (χ0) is 17.9. The third-order valence-electron chi connectivity index (χ3n) is 4.52. The van der Waals surface area contributed by atoms with Crippen LogP contribution in [0.5, 0.6) is 0 Å². The molecule has 2 rings (SSSR count). The molecule has 1 aromatic rings. The van der Waals surface area contributed by atoms with Crippen LogP contribution in [0.25, 0.3) is 0 Å². The summed E-state index contributed by atoms with van der Waals surface area (Å²) in [7, 11) is 0. The number of aryl methyl sites for hydroxylation is 1. The Morgan fingerprint density at radius 1 is 1.44 bits per heavy atom. The average Bonchev–Trinajstić information content (AvgIpc) is 3.07. The second-order valence-electron chi connectivity index (χ2n) is 6.67. The quantitative estimate of drug-likeness (QED) is 0.419. The summed E-state index contributed by atoms with van der Waals surface area (Å²) >= 11 is 0. The second kappa shape index (κ2) is 11.1. The van der Waals surface area contributed by atoms with Gasteiger partial charge in [-0.2, -0.15) is 0 Å². The van der Waals surface area contributed by atoms with Gasteiger partial charge in [0, 0.05) is 52.4 Å². The summed E-state index contributed by atoms with van der Waals surface area (Å²) < 4.78 is 7.52. The van der Waals surface area contributed by atoms with E-state index < -0.39 is 0 Å². The predicted molar refractivity (Wildman–Crippen MR) is 101 cm³/mol. The number of nitrogens with zero attached hydrogens (tertiary/aromatic N) is 5. The van der Waals surface area contributed by atoms with Gasteiger partial charge < -0.3 is 19.5 Å². The van der Waals surface area contributed by atoms with E-state index in [0.29, 0.717) is 0 Å². The molecule has 7 nitrogen and oxygen atoms in total. The maximum absolute atomic E-state index is 5.41. The molecule has 0 aromatic carbocycles. The summed E-state index contributed by atoms with van der Waals surface area (Å²) in [6.45, 7) is 12.7. The van der Waals surface area contributed by atoms with E-state index in [-0.39, 0.29) is 0 Å². The average molecular weight is 351 g/mol. The molecular weight excluding hydrogens is 316 g/mol. The van der Waals surface area contributed by atoms with Crippen LogP contribution in [0.15, 0.2) is 11.3 Å². The van der Waals surface area contributed by atoms with E-state index in [1.807, 2.05) is 13.3 Å². The van der Waals surface area contributed by atoms with E-state index >= 15 is 0 Å². The highest BCUT2D eigenvalue weighted by Crippen LogP contribution is 2.15. The highest BCUT2D eigenvalue weighted by molar-refractivity contribution is 5.80. The summed E-state index contributed by atoms with van der Waals surface area (Å²) in [5.41, 5.74) is 0. The Bertz CT molecular complexity index is 515. The summed E-state index contributed by atoms with van der Waals surface area (Å²) in [4.78, 5) is 7.23. The lowest BCUT2D eigenvalue weighted by Gasteiger charge is -2.33. The molecule has 1 unspecified atom stereocenters. The monoisotopic (exact) mass is 350 g/mol. The van der Waals surface area contributed by atoms with Crippen LogP contribution in [0.4, 0.5) is 0 Å². The van der Waals surface area contributed by atoms with Crippen LogP contribution in [0.1, 0.15) is 45.9 Å². The zero-order valence-corrected chi connectivity index (χ0v) is 16.1. The highest BCUT2D eigenvalue weighted by atomic mass is 16.5. The third kappa shape index (κ3) is 6.65. The lowest BCUT2D eigenvalue weighted by atomic mass is 10.0. The second-order valence-corrected chi connectivity index (χ2v) is 6.67. The molecule has 25 heavy (non-hydrogen) atoms. The lowest BCUT2D eigenvalue weighted by molar-refractivity contribution is 0.146. The first kappa shape index (κ1) is 19.7. The van der Waals surface area contributed by atoms with Crippen LogP contribution in [0, 0.1) is 5.92 Å². The Hall–Kier alpha value is -1.63. The van der Waals surface area contributed by atoms with Crippen molar-refractivity contribution in [3.05, 3.63) is 12.2 Å². The topological polar surface area (TPSA) is 67.6 Å². The van der Waals surface area contributed by atoms with Gasteiger partial charge in [-0.1, -0.05) is 13.8 Å². The summed E-state index contributed by atoms with van der Waals surface area (Å²) in [5, 5.41) is 11.7. The van der Waals surface area contributed by atoms with E-state index in [0.717, 1.165) is 76.5 Å². The first-order valence-corrected chi connectivity index (χ1v) is 9.72. The number of nitrogens with one attached hydrogen (secondary N) is 1. The normalized spacial score (nSPS) is 18.6. The Balaban J connectivity index is 1.87. The van der Waals surface area contributed by atoms with Crippen molar-refractivity contribution >= 4 is 5.96 Å². The molecule has 0 spiro atoms. The van der Waals surface area contributed by atoms with E-state index in [9.17, 15) is 0 Å². The fraction of sp³-hybridized carbons (Fsp3) is 0.833. The molecule has 1 fully saturated rings. The smallest absolute Gasteiger partial charge is 0.193 e. The molecule has 0 amide bonds. The predicted octanol–water partition coefficient (Wildman–Crippen LogP) is 1.94. The van der Waals surface area contributed by atoms with E-state index in [2.05, 4.69) is 38.8 Å². The van der Waals surface area contributed by atoms with Gasteiger partial charge in [0.05, 0.1) is 0 Å².